The molecule has 0 aliphatic rings. The van der Waals surface area contributed by atoms with Gasteiger partial charge in [-0.15, -0.1) is 0 Å². The highest BCUT2D eigenvalue weighted by molar-refractivity contribution is 6.35. The Hall–Kier alpha value is -1.23. The zero-order valence-electron chi connectivity index (χ0n) is 10.5. The maximum atomic E-state index is 6.00. The fourth-order valence-electron chi connectivity index (χ4n) is 1.50. The third-order valence-corrected chi connectivity index (χ3v) is 2.96. The summed E-state index contributed by atoms with van der Waals surface area (Å²) >= 11 is 11.8. The Labute approximate surface area is 121 Å². The van der Waals surface area contributed by atoms with Gasteiger partial charge in [0.25, 0.3) is 0 Å². The minimum Gasteiger partial charge on any atom is -0.484 e. The van der Waals surface area contributed by atoms with Crippen LogP contribution in [0.4, 0.5) is 0 Å². The largest absolute Gasteiger partial charge is 0.484 e. The molecule has 0 bridgehead atoms. The molecule has 1 aromatic carbocycles. The van der Waals surface area contributed by atoms with Gasteiger partial charge in [0.05, 0.1) is 10.7 Å². The topological polar surface area (TPSA) is 47.3 Å². The molecule has 0 unspecified atom stereocenters. The molecule has 0 saturated heterocycles. The summed E-state index contributed by atoms with van der Waals surface area (Å²) in [6.07, 6.45) is 0. The van der Waals surface area contributed by atoms with Gasteiger partial charge < -0.3 is 14.6 Å². The van der Waals surface area contributed by atoms with Crippen molar-refractivity contribution >= 4 is 23.2 Å². The first-order chi connectivity index (χ1) is 9.19. The van der Waals surface area contributed by atoms with E-state index < -0.39 is 0 Å². The lowest BCUT2D eigenvalue weighted by Gasteiger charge is -2.05. The predicted octanol–water partition coefficient (Wildman–Crippen LogP) is 3.67. The van der Waals surface area contributed by atoms with E-state index in [0.29, 0.717) is 28.1 Å². The maximum absolute atomic E-state index is 6.00. The molecule has 0 atom stereocenters. The average molecular weight is 301 g/mol. The van der Waals surface area contributed by atoms with Crippen LogP contribution in [0, 0.1) is 0 Å². The molecule has 0 amide bonds. The number of benzene rings is 1. The van der Waals surface area contributed by atoms with E-state index in [1.165, 1.54) is 0 Å². The summed E-state index contributed by atoms with van der Waals surface area (Å²) in [5, 5.41) is 8.14. The number of hydrogen-bond donors (Lipinski definition) is 1. The standard InChI is InChI=1S/C13H14Cl2N2O2/c1-2-16-7-10-6-11(19-17-10)8-18-13-4-3-9(14)5-12(13)15/h3-6,16H,2,7-8H2,1H3. The number of aromatic nitrogens is 1. The van der Waals surface area contributed by atoms with Gasteiger partial charge >= 0.3 is 0 Å². The van der Waals surface area contributed by atoms with Gasteiger partial charge in [0.1, 0.15) is 12.4 Å². The van der Waals surface area contributed by atoms with Crippen LogP contribution >= 0.6 is 23.2 Å². The fraction of sp³-hybridized carbons (Fsp3) is 0.308. The van der Waals surface area contributed by atoms with Crippen LogP contribution in [0.15, 0.2) is 28.8 Å². The molecule has 4 nitrogen and oxygen atoms in total. The van der Waals surface area contributed by atoms with Crippen molar-refractivity contribution in [3.05, 3.63) is 45.8 Å². The molecule has 1 aromatic heterocycles. The third kappa shape index (κ3) is 4.13. The van der Waals surface area contributed by atoms with E-state index in [1.54, 1.807) is 18.2 Å². The van der Waals surface area contributed by atoms with Crippen molar-refractivity contribution in [1.82, 2.24) is 10.5 Å². The highest BCUT2D eigenvalue weighted by Crippen LogP contribution is 2.28. The van der Waals surface area contributed by atoms with Gasteiger partial charge in [-0.2, -0.15) is 0 Å². The van der Waals surface area contributed by atoms with Gasteiger partial charge in [0.2, 0.25) is 0 Å². The Kier molecular flexibility index (Phi) is 5.07. The van der Waals surface area contributed by atoms with Crippen LogP contribution in [0.3, 0.4) is 0 Å². The highest BCUT2D eigenvalue weighted by atomic mass is 35.5. The molecule has 102 valence electrons. The zero-order valence-corrected chi connectivity index (χ0v) is 12.0. The number of hydrogen-bond acceptors (Lipinski definition) is 4. The molecule has 0 saturated carbocycles. The van der Waals surface area contributed by atoms with Crippen molar-refractivity contribution in [3.63, 3.8) is 0 Å². The van der Waals surface area contributed by atoms with Crippen LogP contribution in [0.1, 0.15) is 18.4 Å². The molecule has 0 radical (unpaired) electrons. The fourth-order valence-corrected chi connectivity index (χ4v) is 1.96. The predicted molar refractivity (Wildman–Crippen MR) is 74.7 cm³/mol. The number of ether oxygens (including phenoxy) is 1. The summed E-state index contributed by atoms with van der Waals surface area (Å²) in [7, 11) is 0. The Morgan fingerprint density at radius 3 is 2.89 bits per heavy atom. The van der Waals surface area contributed by atoms with Crippen LogP contribution in [0.25, 0.3) is 0 Å². The maximum Gasteiger partial charge on any atom is 0.174 e. The summed E-state index contributed by atoms with van der Waals surface area (Å²) in [6, 6.07) is 6.93. The molecular weight excluding hydrogens is 287 g/mol. The van der Waals surface area contributed by atoms with Crippen LogP contribution in [-0.2, 0) is 13.2 Å². The zero-order chi connectivity index (χ0) is 13.7. The van der Waals surface area contributed by atoms with Gasteiger partial charge in [0.15, 0.2) is 5.76 Å². The van der Waals surface area contributed by atoms with Crippen molar-refractivity contribution in [2.75, 3.05) is 6.54 Å². The molecule has 6 heteroatoms. The quantitative estimate of drug-likeness (QED) is 0.884. The highest BCUT2D eigenvalue weighted by Gasteiger charge is 2.07. The summed E-state index contributed by atoms with van der Waals surface area (Å²) in [6.45, 7) is 3.88. The monoisotopic (exact) mass is 300 g/mol. The summed E-state index contributed by atoms with van der Waals surface area (Å²) in [4.78, 5) is 0. The van der Waals surface area contributed by atoms with Gasteiger partial charge in [0, 0.05) is 17.6 Å². The second kappa shape index (κ2) is 6.80. The molecular formula is C13H14Cl2N2O2. The smallest absolute Gasteiger partial charge is 0.174 e. The first kappa shape index (κ1) is 14.2. The summed E-state index contributed by atoms with van der Waals surface area (Å²) in [5.41, 5.74) is 0.850. The Bertz CT molecular complexity index is 543. The minimum atomic E-state index is 0.278. The van der Waals surface area contributed by atoms with Gasteiger partial charge in [-0.3, -0.25) is 0 Å². The third-order valence-electron chi connectivity index (χ3n) is 2.43. The van der Waals surface area contributed by atoms with Crippen LogP contribution in [-0.4, -0.2) is 11.7 Å². The van der Waals surface area contributed by atoms with E-state index in [0.717, 1.165) is 12.2 Å². The van der Waals surface area contributed by atoms with Crippen LogP contribution < -0.4 is 10.1 Å². The van der Waals surface area contributed by atoms with E-state index in [2.05, 4.69) is 10.5 Å². The lowest BCUT2D eigenvalue weighted by atomic mass is 10.3. The molecule has 2 aromatic rings. The number of halogens is 2. The van der Waals surface area contributed by atoms with Crippen molar-refractivity contribution in [1.29, 1.82) is 0 Å². The lowest BCUT2D eigenvalue weighted by Crippen LogP contribution is -2.11. The van der Waals surface area contributed by atoms with E-state index >= 15 is 0 Å². The van der Waals surface area contributed by atoms with E-state index in [1.807, 2.05) is 13.0 Å². The molecule has 0 aliphatic heterocycles. The van der Waals surface area contributed by atoms with Crippen molar-refractivity contribution in [2.45, 2.75) is 20.1 Å². The number of rotatable bonds is 6. The van der Waals surface area contributed by atoms with Gasteiger partial charge in [-0.1, -0.05) is 35.3 Å². The molecule has 2 rings (SSSR count). The van der Waals surface area contributed by atoms with Crippen LogP contribution in [0.2, 0.25) is 10.0 Å². The normalized spacial score (nSPS) is 10.7. The summed E-state index contributed by atoms with van der Waals surface area (Å²) in [5.74, 6) is 1.22. The second-order valence-electron chi connectivity index (χ2n) is 3.93. The first-order valence-corrected chi connectivity index (χ1v) is 6.67. The molecule has 1 N–H and O–H groups in total. The van der Waals surface area contributed by atoms with Crippen LogP contribution in [0.5, 0.6) is 5.75 Å². The second-order valence-corrected chi connectivity index (χ2v) is 4.77. The van der Waals surface area contributed by atoms with Gasteiger partial charge in [-0.25, -0.2) is 0 Å². The van der Waals surface area contributed by atoms with Crippen molar-refractivity contribution < 1.29 is 9.26 Å². The number of nitrogens with zero attached hydrogens (tertiary/aromatic N) is 1. The van der Waals surface area contributed by atoms with E-state index in [4.69, 9.17) is 32.5 Å². The van der Waals surface area contributed by atoms with Crippen molar-refractivity contribution in [3.8, 4) is 5.75 Å². The molecule has 0 aliphatic carbocycles. The molecule has 0 spiro atoms. The van der Waals surface area contributed by atoms with E-state index in [-0.39, 0.29) is 6.61 Å². The SMILES string of the molecule is CCNCc1cc(COc2ccc(Cl)cc2Cl)on1. The Balaban J connectivity index is 1.92. The van der Waals surface area contributed by atoms with Gasteiger partial charge in [-0.05, 0) is 24.7 Å². The lowest BCUT2D eigenvalue weighted by molar-refractivity contribution is 0.248. The van der Waals surface area contributed by atoms with Crippen molar-refractivity contribution in [2.24, 2.45) is 0 Å². The summed E-state index contributed by atoms with van der Waals surface area (Å²) < 4.78 is 10.7. The first-order valence-electron chi connectivity index (χ1n) is 5.92. The minimum absolute atomic E-state index is 0.278. The average Bonchev–Trinajstić information content (AvgIpc) is 2.83. The molecule has 19 heavy (non-hydrogen) atoms. The number of nitrogens with one attached hydrogen (secondary N) is 1. The Morgan fingerprint density at radius 1 is 1.32 bits per heavy atom. The van der Waals surface area contributed by atoms with E-state index in [9.17, 15) is 0 Å². The Morgan fingerprint density at radius 2 is 2.16 bits per heavy atom. The molecule has 0 fully saturated rings. The molecule has 1 heterocycles.